The first kappa shape index (κ1) is 19.6. The number of nitrogens with one attached hydrogen (secondary N) is 1. The average Bonchev–Trinajstić information content (AvgIpc) is 2.61. The van der Waals surface area contributed by atoms with E-state index in [1.807, 2.05) is 24.3 Å². The number of hydrogen-bond acceptors (Lipinski definition) is 4. The minimum atomic E-state index is -0.661. The summed E-state index contributed by atoms with van der Waals surface area (Å²) in [5.41, 5.74) is 1.82. The molecule has 5 heteroatoms. The van der Waals surface area contributed by atoms with E-state index in [0.29, 0.717) is 22.9 Å². The topological polar surface area (TPSA) is 56.8 Å². The number of benzene rings is 2. The zero-order chi connectivity index (χ0) is 19.3. The maximum Gasteiger partial charge on any atom is 0.265 e. The van der Waals surface area contributed by atoms with Gasteiger partial charge in [0, 0.05) is 6.07 Å². The molecule has 2 rings (SSSR count). The smallest absolute Gasteiger partial charge is 0.265 e. The Morgan fingerprint density at radius 3 is 2.12 bits per heavy atom. The minimum Gasteiger partial charge on any atom is -0.497 e. The lowest BCUT2D eigenvalue weighted by molar-refractivity contribution is -0.122. The molecule has 1 N–H and O–H groups in total. The number of ether oxygens (including phenoxy) is 3. The summed E-state index contributed by atoms with van der Waals surface area (Å²) >= 11 is 0. The van der Waals surface area contributed by atoms with Crippen LogP contribution in [0, 0.1) is 0 Å². The standard InChI is InChI=1S/C21H27NO4/c1-14(26-16-9-7-15(8-10-16)21(2,3)4)20(23)22-18-13-17(24-5)11-12-19(18)25-6/h7-14H,1-6H3,(H,22,23)/t14-/m0/s1. The van der Waals surface area contributed by atoms with Gasteiger partial charge in [-0.3, -0.25) is 4.79 Å². The van der Waals surface area contributed by atoms with Crippen LogP contribution in [0.2, 0.25) is 0 Å². The van der Waals surface area contributed by atoms with Crippen LogP contribution < -0.4 is 19.5 Å². The molecule has 0 saturated heterocycles. The van der Waals surface area contributed by atoms with Crippen molar-refractivity contribution in [2.75, 3.05) is 19.5 Å². The van der Waals surface area contributed by atoms with E-state index in [9.17, 15) is 4.79 Å². The summed E-state index contributed by atoms with van der Waals surface area (Å²) in [5.74, 6) is 1.57. The van der Waals surface area contributed by atoms with Gasteiger partial charge in [-0.15, -0.1) is 0 Å². The fourth-order valence-electron chi connectivity index (χ4n) is 2.44. The van der Waals surface area contributed by atoms with E-state index in [4.69, 9.17) is 14.2 Å². The number of methoxy groups -OCH3 is 2. The lowest BCUT2D eigenvalue weighted by Crippen LogP contribution is -2.30. The Bertz CT molecular complexity index is 748. The highest BCUT2D eigenvalue weighted by atomic mass is 16.5. The number of hydrogen-bond donors (Lipinski definition) is 1. The van der Waals surface area contributed by atoms with Gasteiger partial charge < -0.3 is 19.5 Å². The van der Waals surface area contributed by atoms with Crippen LogP contribution in [0.4, 0.5) is 5.69 Å². The molecule has 0 radical (unpaired) electrons. The van der Waals surface area contributed by atoms with Gasteiger partial charge >= 0.3 is 0 Å². The highest BCUT2D eigenvalue weighted by Crippen LogP contribution is 2.29. The third-order valence-electron chi connectivity index (χ3n) is 4.07. The van der Waals surface area contributed by atoms with Crippen molar-refractivity contribution in [3.63, 3.8) is 0 Å². The Morgan fingerprint density at radius 1 is 0.962 bits per heavy atom. The average molecular weight is 357 g/mol. The highest BCUT2D eigenvalue weighted by molar-refractivity contribution is 5.95. The molecule has 0 heterocycles. The maximum atomic E-state index is 12.5. The second-order valence-corrected chi connectivity index (χ2v) is 7.09. The van der Waals surface area contributed by atoms with Crippen LogP contribution in [0.3, 0.4) is 0 Å². The van der Waals surface area contributed by atoms with Gasteiger partial charge in [0.25, 0.3) is 5.91 Å². The van der Waals surface area contributed by atoms with Crippen LogP contribution >= 0.6 is 0 Å². The number of amides is 1. The molecule has 5 nitrogen and oxygen atoms in total. The molecule has 140 valence electrons. The van der Waals surface area contributed by atoms with Crippen molar-refractivity contribution in [3.8, 4) is 17.2 Å². The number of carbonyl (C=O) groups is 1. The molecule has 0 aliphatic heterocycles. The Morgan fingerprint density at radius 2 is 1.58 bits per heavy atom. The molecule has 1 atom stereocenters. The molecule has 0 aliphatic carbocycles. The predicted octanol–water partition coefficient (Wildman–Crippen LogP) is 4.41. The third kappa shape index (κ3) is 4.91. The lowest BCUT2D eigenvalue weighted by Gasteiger charge is -2.20. The van der Waals surface area contributed by atoms with Gasteiger partial charge in [-0.1, -0.05) is 32.9 Å². The largest absolute Gasteiger partial charge is 0.497 e. The summed E-state index contributed by atoms with van der Waals surface area (Å²) in [6.07, 6.45) is -0.661. The SMILES string of the molecule is COc1ccc(OC)c(NC(=O)[C@H](C)Oc2ccc(C(C)(C)C)cc2)c1. The van der Waals surface area contributed by atoms with Crippen LogP contribution in [0.1, 0.15) is 33.3 Å². The van der Waals surface area contributed by atoms with E-state index in [1.165, 1.54) is 5.56 Å². The first-order valence-electron chi connectivity index (χ1n) is 8.54. The molecule has 0 unspecified atom stereocenters. The number of carbonyl (C=O) groups excluding carboxylic acids is 1. The Labute approximate surface area is 155 Å². The van der Waals surface area contributed by atoms with E-state index in [2.05, 4.69) is 26.1 Å². The molecule has 26 heavy (non-hydrogen) atoms. The van der Waals surface area contributed by atoms with Crippen LogP contribution in [0.15, 0.2) is 42.5 Å². The summed E-state index contributed by atoms with van der Waals surface area (Å²) in [5, 5.41) is 2.82. The van der Waals surface area contributed by atoms with E-state index >= 15 is 0 Å². The fraction of sp³-hybridized carbons (Fsp3) is 0.381. The Kier molecular flexibility index (Phi) is 6.14. The van der Waals surface area contributed by atoms with Crippen molar-refractivity contribution >= 4 is 11.6 Å². The van der Waals surface area contributed by atoms with Crippen molar-refractivity contribution in [1.29, 1.82) is 0 Å². The van der Waals surface area contributed by atoms with Gasteiger partial charge in [0.1, 0.15) is 17.2 Å². The van der Waals surface area contributed by atoms with Gasteiger partial charge in [-0.2, -0.15) is 0 Å². The van der Waals surface area contributed by atoms with Crippen LogP contribution in [0.5, 0.6) is 17.2 Å². The molecule has 0 spiro atoms. The molecule has 2 aromatic rings. The molecule has 0 aliphatic rings. The zero-order valence-electron chi connectivity index (χ0n) is 16.3. The number of anilines is 1. The predicted molar refractivity (Wildman–Crippen MR) is 103 cm³/mol. The zero-order valence-corrected chi connectivity index (χ0v) is 16.3. The molecule has 1 amide bonds. The quantitative estimate of drug-likeness (QED) is 0.832. The van der Waals surface area contributed by atoms with Gasteiger partial charge in [0.05, 0.1) is 19.9 Å². The third-order valence-corrected chi connectivity index (χ3v) is 4.07. The monoisotopic (exact) mass is 357 g/mol. The van der Waals surface area contributed by atoms with Crippen molar-refractivity contribution in [3.05, 3.63) is 48.0 Å². The summed E-state index contributed by atoms with van der Waals surface area (Å²) in [4.78, 5) is 12.5. The lowest BCUT2D eigenvalue weighted by atomic mass is 9.87. The van der Waals surface area contributed by atoms with E-state index in [1.54, 1.807) is 39.3 Å². The second-order valence-electron chi connectivity index (χ2n) is 7.09. The van der Waals surface area contributed by atoms with Gasteiger partial charge in [-0.05, 0) is 42.2 Å². The maximum absolute atomic E-state index is 12.5. The van der Waals surface area contributed by atoms with Crippen molar-refractivity contribution in [2.24, 2.45) is 0 Å². The van der Waals surface area contributed by atoms with Crippen molar-refractivity contribution < 1.29 is 19.0 Å². The van der Waals surface area contributed by atoms with Gasteiger partial charge in [-0.25, -0.2) is 0 Å². The Balaban J connectivity index is 2.06. The molecular weight excluding hydrogens is 330 g/mol. The summed E-state index contributed by atoms with van der Waals surface area (Å²) < 4.78 is 16.2. The van der Waals surface area contributed by atoms with E-state index < -0.39 is 6.10 Å². The number of rotatable bonds is 6. The Hall–Kier alpha value is -2.69. The van der Waals surface area contributed by atoms with E-state index in [-0.39, 0.29) is 11.3 Å². The van der Waals surface area contributed by atoms with Crippen molar-refractivity contribution in [1.82, 2.24) is 0 Å². The summed E-state index contributed by atoms with van der Waals surface area (Å²) in [6, 6.07) is 13.0. The highest BCUT2D eigenvalue weighted by Gasteiger charge is 2.18. The van der Waals surface area contributed by atoms with Crippen molar-refractivity contribution in [2.45, 2.75) is 39.2 Å². The first-order chi connectivity index (χ1) is 12.2. The molecule has 0 saturated carbocycles. The van der Waals surface area contributed by atoms with Crippen LogP contribution in [0.25, 0.3) is 0 Å². The minimum absolute atomic E-state index is 0.0738. The van der Waals surface area contributed by atoms with Gasteiger partial charge in [0.15, 0.2) is 6.10 Å². The molecule has 2 aromatic carbocycles. The molecule has 0 aromatic heterocycles. The van der Waals surface area contributed by atoms with Gasteiger partial charge in [0.2, 0.25) is 0 Å². The van der Waals surface area contributed by atoms with Crippen LogP contribution in [-0.4, -0.2) is 26.2 Å². The molecule has 0 fully saturated rings. The first-order valence-corrected chi connectivity index (χ1v) is 8.54. The molecular formula is C21H27NO4. The fourth-order valence-corrected chi connectivity index (χ4v) is 2.44. The summed E-state index contributed by atoms with van der Waals surface area (Å²) in [6.45, 7) is 8.17. The molecule has 0 bridgehead atoms. The summed E-state index contributed by atoms with van der Waals surface area (Å²) in [7, 11) is 3.12. The van der Waals surface area contributed by atoms with E-state index in [0.717, 1.165) is 0 Å². The van der Waals surface area contributed by atoms with Crippen LogP contribution in [-0.2, 0) is 10.2 Å². The normalized spacial score (nSPS) is 12.2. The second kappa shape index (κ2) is 8.13.